The highest BCUT2D eigenvalue weighted by atomic mass is 16.4. The Labute approximate surface area is 174 Å². The van der Waals surface area contributed by atoms with Crippen molar-refractivity contribution >= 4 is 23.7 Å². The van der Waals surface area contributed by atoms with Gasteiger partial charge in [-0.1, -0.05) is 13.8 Å². The highest BCUT2D eigenvalue weighted by Crippen LogP contribution is 2.05. The molecule has 0 aromatic carbocycles. The fourth-order valence-electron chi connectivity index (χ4n) is 2.48. The number of aliphatic hydroxyl groups is 1. The highest BCUT2D eigenvalue weighted by molar-refractivity contribution is 5.94. The number of carbonyl (C=O) groups is 4. The maximum absolute atomic E-state index is 12.7. The summed E-state index contributed by atoms with van der Waals surface area (Å²) in [5, 5.41) is 26.0. The van der Waals surface area contributed by atoms with E-state index in [-0.39, 0.29) is 12.3 Å². The van der Waals surface area contributed by atoms with E-state index in [9.17, 15) is 29.4 Å². The van der Waals surface area contributed by atoms with Crippen LogP contribution in [-0.4, -0.2) is 74.1 Å². The minimum absolute atomic E-state index is 0.0237. The molecule has 168 valence electrons. The van der Waals surface area contributed by atoms with Crippen molar-refractivity contribution in [1.29, 1.82) is 0 Å². The molecule has 1 aromatic rings. The maximum atomic E-state index is 12.7. The van der Waals surface area contributed by atoms with Gasteiger partial charge in [-0.3, -0.25) is 14.4 Å². The molecule has 1 rings (SSSR count). The number of carbonyl (C=O) groups excluding carboxylic acids is 3. The van der Waals surface area contributed by atoms with Crippen LogP contribution in [-0.2, 0) is 25.6 Å². The average molecular weight is 426 g/mol. The van der Waals surface area contributed by atoms with Crippen LogP contribution < -0.4 is 21.7 Å². The summed E-state index contributed by atoms with van der Waals surface area (Å²) in [5.74, 6) is -3.68. The SMILES string of the molecule is CC(NC(=O)C(N)C(C)O)C(=O)NC(Cc1cnc[nH]1)C(=O)NC(C(=O)O)C(C)C. The number of carboxylic acid groups (broad SMARTS) is 1. The van der Waals surface area contributed by atoms with Gasteiger partial charge >= 0.3 is 5.97 Å². The smallest absolute Gasteiger partial charge is 0.326 e. The molecule has 12 heteroatoms. The van der Waals surface area contributed by atoms with Crippen LogP contribution in [0.15, 0.2) is 12.5 Å². The number of nitrogens with one attached hydrogen (secondary N) is 4. The molecule has 30 heavy (non-hydrogen) atoms. The molecule has 0 aliphatic carbocycles. The summed E-state index contributed by atoms with van der Waals surface area (Å²) in [6, 6.07) is -4.53. The minimum Gasteiger partial charge on any atom is -0.480 e. The largest absolute Gasteiger partial charge is 0.480 e. The molecule has 0 radical (unpaired) electrons. The van der Waals surface area contributed by atoms with E-state index in [0.717, 1.165) is 0 Å². The van der Waals surface area contributed by atoms with Crippen LogP contribution >= 0.6 is 0 Å². The molecule has 0 saturated carbocycles. The molecule has 3 amide bonds. The van der Waals surface area contributed by atoms with Crippen molar-refractivity contribution in [3.05, 3.63) is 18.2 Å². The number of aliphatic hydroxyl groups excluding tert-OH is 1. The molecule has 0 saturated heterocycles. The second-order valence-electron chi connectivity index (χ2n) is 7.41. The molecule has 0 aliphatic rings. The van der Waals surface area contributed by atoms with Crippen LogP contribution in [0.3, 0.4) is 0 Å². The van der Waals surface area contributed by atoms with Gasteiger partial charge in [0, 0.05) is 18.3 Å². The lowest BCUT2D eigenvalue weighted by atomic mass is 10.0. The highest BCUT2D eigenvalue weighted by Gasteiger charge is 2.30. The average Bonchev–Trinajstić information content (AvgIpc) is 3.16. The number of imidazole rings is 1. The summed E-state index contributed by atoms with van der Waals surface area (Å²) in [6.07, 6.45) is 1.79. The van der Waals surface area contributed by atoms with Crippen LogP contribution in [0.25, 0.3) is 0 Å². The lowest BCUT2D eigenvalue weighted by Crippen LogP contribution is -2.58. The van der Waals surface area contributed by atoms with E-state index >= 15 is 0 Å². The molecule has 1 heterocycles. The predicted molar refractivity (Wildman–Crippen MR) is 106 cm³/mol. The van der Waals surface area contributed by atoms with Gasteiger partial charge < -0.3 is 36.9 Å². The molecular weight excluding hydrogens is 396 g/mol. The topological polar surface area (TPSA) is 200 Å². The van der Waals surface area contributed by atoms with Crippen LogP contribution in [0.2, 0.25) is 0 Å². The van der Waals surface area contributed by atoms with Gasteiger partial charge in [0.1, 0.15) is 24.2 Å². The van der Waals surface area contributed by atoms with Crippen LogP contribution in [0, 0.1) is 5.92 Å². The Morgan fingerprint density at radius 1 is 1.07 bits per heavy atom. The second kappa shape index (κ2) is 11.3. The molecule has 5 unspecified atom stereocenters. The third kappa shape index (κ3) is 7.44. The molecule has 5 atom stereocenters. The Kier molecular flexibility index (Phi) is 9.40. The quantitative estimate of drug-likeness (QED) is 0.208. The number of nitrogens with two attached hydrogens (primary N) is 1. The Hall–Kier alpha value is -2.99. The van der Waals surface area contributed by atoms with Crippen molar-refractivity contribution in [2.75, 3.05) is 0 Å². The van der Waals surface area contributed by atoms with Gasteiger partial charge in [0.15, 0.2) is 0 Å². The predicted octanol–water partition coefficient (Wildman–Crippen LogP) is -2.12. The zero-order valence-electron chi connectivity index (χ0n) is 17.4. The van der Waals surface area contributed by atoms with E-state index in [1.807, 2.05) is 0 Å². The summed E-state index contributed by atoms with van der Waals surface area (Å²) in [6.45, 7) is 6.02. The minimum atomic E-state index is -1.22. The van der Waals surface area contributed by atoms with Gasteiger partial charge in [0.2, 0.25) is 17.7 Å². The van der Waals surface area contributed by atoms with Crippen LogP contribution in [0.5, 0.6) is 0 Å². The first-order chi connectivity index (χ1) is 13.9. The Bertz CT molecular complexity index is 736. The van der Waals surface area contributed by atoms with Crippen molar-refractivity contribution in [3.63, 3.8) is 0 Å². The van der Waals surface area contributed by atoms with Crippen molar-refractivity contribution < 1.29 is 29.4 Å². The van der Waals surface area contributed by atoms with Gasteiger partial charge in [-0.05, 0) is 19.8 Å². The first-order valence-corrected chi connectivity index (χ1v) is 9.48. The normalized spacial score (nSPS) is 16.1. The lowest BCUT2D eigenvalue weighted by molar-refractivity contribution is -0.143. The number of carboxylic acids is 1. The van der Waals surface area contributed by atoms with Crippen molar-refractivity contribution in [1.82, 2.24) is 25.9 Å². The van der Waals surface area contributed by atoms with Gasteiger partial charge in [0.05, 0.1) is 12.4 Å². The van der Waals surface area contributed by atoms with Gasteiger partial charge in [-0.15, -0.1) is 0 Å². The van der Waals surface area contributed by atoms with Gasteiger partial charge in [0.25, 0.3) is 0 Å². The summed E-state index contributed by atoms with van der Waals surface area (Å²) in [7, 11) is 0. The fourth-order valence-corrected chi connectivity index (χ4v) is 2.48. The van der Waals surface area contributed by atoms with Crippen molar-refractivity contribution in [3.8, 4) is 0 Å². The number of hydrogen-bond acceptors (Lipinski definition) is 7. The Morgan fingerprint density at radius 3 is 2.17 bits per heavy atom. The molecule has 1 aromatic heterocycles. The number of aromatic nitrogens is 2. The van der Waals surface area contributed by atoms with Crippen molar-refractivity contribution in [2.24, 2.45) is 11.7 Å². The van der Waals surface area contributed by atoms with Crippen LogP contribution in [0.1, 0.15) is 33.4 Å². The number of nitrogens with zero attached hydrogens (tertiary/aromatic N) is 1. The van der Waals surface area contributed by atoms with E-state index in [0.29, 0.717) is 5.69 Å². The number of rotatable bonds is 11. The third-order valence-electron chi connectivity index (χ3n) is 4.42. The summed E-state index contributed by atoms with van der Waals surface area (Å²) in [4.78, 5) is 55.2. The van der Waals surface area contributed by atoms with E-state index in [4.69, 9.17) is 5.73 Å². The molecule has 8 N–H and O–H groups in total. The summed E-state index contributed by atoms with van der Waals surface area (Å²) < 4.78 is 0. The molecule has 0 bridgehead atoms. The first kappa shape index (κ1) is 25.0. The van der Waals surface area contributed by atoms with Crippen LogP contribution in [0.4, 0.5) is 0 Å². The van der Waals surface area contributed by atoms with E-state index < -0.39 is 54.0 Å². The zero-order valence-corrected chi connectivity index (χ0v) is 17.4. The second-order valence-corrected chi connectivity index (χ2v) is 7.41. The maximum Gasteiger partial charge on any atom is 0.326 e. The number of amides is 3. The van der Waals surface area contributed by atoms with E-state index in [1.165, 1.54) is 26.4 Å². The van der Waals surface area contributed by atoms with Gasteiger partial charge in [-0.2, -0.15) is 0 Å². The third-order valence-corrected chi connectivity index (χ3v) is 4.42. The molecule has 0 spiro atoms. The Balaban J connectivity index is 2.89. The van der Waals surface area contributed by atoms with E-state index in [2.05, 4.69) is 25.9 Å². The number of H-pyrrole nitrogens is 1. The van der Waals surface area contributed by atoms with Gasteiger partial charge in [-0.25, -0.2) is 9.78 Å². The number of aromatic amines is 1. The molecule has 12 nitrogen and oxygen atoms in total. The van der Waals surface area contributed by atoms with E-state index in [1.54, 1.807) is 13.8 Å². The molecule has 0 aliphatic heterocycles. The van der Waals surface area contributed by atoms with Crippen molar-refractivity contribution in [2.45, 2.75) is 64.4 Å². The Morgan fingerprint density at radius 2 is 1.70 bits per heavy atom. The number of hydrogen-bond donors (Lipinski definition) is 7. The first-order valence-electron chi connectivity index (χ1n) is 9.48. The monoisotopic (exact) mass is 426 g/mol. The molecule has 0 fully saturated rings. The summed E-state index contributed by atoms with van der Waals surface area (Å²) in [5.41, 5.74) is 6.08. The molecular formula is C18H30N6O6. The number of aliphatic carboxylic acids is 1. The fraction of sp³-hybridized carbons (Fsp3) is 0.611. The standard InChI is InChI=1S/C18H30N6O6/c1-8(2)14(18(29)30)24-16(27)12(5-11-6-20-7-21-11)23-15(26)9(3)22-17(28)13(19)10(4)25/h6-10,12-14,25H,5,19H2,1-4H3,(H,20,21)(H,22,28)(H,23,26)(H,24,27)(H,29,30). The lowest BCUT2D eigenvalue weighted by Gasteiger charge is -2.25. The zero-order chi connectivity index (χ0) is 23.0. The summed E-state index contributed by atoms with van der Waals surface area (Å²) >= 11 is 0.